The Bertz CT molecular complexity index is 562. The molecule has 0 aliphatic carbocycles. The second-order valence-electron chi connectivity index (χ2n) is 4.32. The van der Waals surface area contributed by atoms with Crippen LogP contribution in [0.3, 0.4) is 0 Å². The van der Waals surface area contributed by atoms with E-state index in [4.69, 9.17) is 5.73 Å². The third kappa shape index (κ3) is 3.24. The number of aromatic nitrogens is 3. The highest BCUT2D eigenvalue weighted by atomic mass is 19.4. The maximum absolute atomic E-state index is 12.4. The lowest BCUT2D eigenvalue weighted by Gasteiger charge is -2.18. The van der Waals surface area contributed by atoms with E-state index in [9.17, 15) is 13.2 Å². The van der Waals surface area contributed by atoms with Crippen molar-refractivity contribution in [3.05, 3.63) is 30.9 Å². The van der Waals surface area contributed by atoms with Crippen molar-refractivity contribution in [2.75, 3.05) is 5.73 Å². The van der Waals surface area contributed by atoms with Crippen molar-refractivity contribution >= 4 is 5.82 Å². The SMILES string of the molecule is CC(CC(F)(F)F)n1cncc1-c1ccnc(N)c1. The van der Waals surface area contributed by atoms with E-state index in [-0.39, 0.29) is 0 Å². The minimum Gasteiger partial charge on any atom is -0.384 e. The fourth-order valence-electron chi connectivity index (χ4n) is 1.92. The van der Waals surface area contributed by atoms with E-state index in [1.165, 1.54) is 30.2 Å². The van der Waals surface area contributed by atoms with Gasteiger partial charge in [0.15, 0.2) is 0 Å². The fourth-order valence-corrected chi connectivity index (χ4v) is 1.92. The minimum absolute atomic E-state index is 0.314. The van der Waals surface area contributed by atoms with Gasteiger partial charge in [0.05, 0.1) is 24.6 Å². The highest BCUT2D eigenvalue weighted by Crippen LogP contribution is 2.30. The number of anilines is 1. The van der Waals surface area contributed by atoms with Gasteiger partial charge in [-0.15, -0.1) is 0 Å². The van der Waals surface area contributed by atoms with Crippen LogP contribution in [0, 0.1) is 0 Å². The number of imidazole rings is 1. The molecule has 19 heavy (non-hydrogen) atoms. The lowest BCUT2D eigenvalue weighted by Crippen LogP contribution is -2.16. The molecule has 0 spiro atoms. The molecule has 2 heterocycles. The first-order valence-corrected chi connectivity index (χ1v) is 5.67. The molecule has 4 nitrogen and oxygen atoms in total. The summed E-state index contributed by atoms with van der Waals surface area (Å²) in [4.78, 5) is 7.77. The maximum atomic E-state index is 12.4. The van der Waals surface area contributed by atoms with Crippen molar-refractivity contribution in [2.24, 2.45) is 0 Å². The molecular formula is C12H13F3N4. The van der Waals surface area contributed by atoms with Crippen molar-refractivity contribution in [1.82, 2.24) is 14.5 Å². The Labute approximate surface area is 108 Å². The first-order chi connectivity index (χ1) is 8.87. The summed E-state index contributed by atoms with van der Waals surface area (Å²) < 4.78 is 38.8. The number of hydrogen-bond acceptors (Lipinski definition) is 3. The summed E-state index contributed by atoms with van der Waals surface area (Å²) in [7, 11) is 0. The summed E-state index contributed by atoms with van der Waals surface area (Å²) in [5.41, 5.74) is 6.85. The maximum Gasteiger partial charge on any atom is 0.391 e. The van der Waals surface area contributed by atoms with Gasteiger partial charge >= 0.3 is 6.18 Å². The Hall–Kier alpha value is -2.05. The Morgan fingerprint density at radius 2 is 2.16 bits per heavy atom. The van der Waals surface area contributed by atoms with Gasteiger partial charge in [0.2, 0.25) is 0 Å². The lowest BCUT2D eigenvalue weighted by molar-refractivity contribution is -0.141. The third-order valence-electron chi connectivity index (χ3n) is 2.74. The molecule has 0 aromatic carbocycles. The molecule has 0 bridgehead atoms. The topological polar surface area (TPSA) is 56.7 Å². The molecule has 0 saturated carbocycles. The molecule has 0 radical (unpaired) electrons. The van der Waals surface area contributed by atoms with Crippen LogP contribution in [0.4, 0.5) is 19.0 Å². The van der Waals surface area contributed by atoms with Gasteiger partial charge in [0.1, 0.15) is 5.82 Å². The minimum atomic E-state index is -4.21. The van der Waals surface area contributed by atoms with E-state index in [0.717, 1.165) is 0 Å². The summed E-state index contributed by atoms with van der Waals surface area (Å²) in [5, 5.41) is 0. The molecule has 2 aromatic heterocycles. The molecule has 2 aromatic rings. The zero-order valence-electron chi connectivity index (χ0n) is 10.2. The largest absolute Gasteiger partial charge is 0.391 e. The smallest absolute Gasteiger partial charge is 0.384 e. The van der Waals surface area contributed by atoms with Gasteiger partial charge in [-0.2, -0.15) is 13.2 Å². The van der Waals surface area contributed by atoms with Crippen LogP contribution in [-0.4, -0.2) is 20.7 Å². The fraction of sp³-hybridized carbons (Fsp3) is 0.333. The summed E-state index contributed by atoms with van der Waals surface area (Å²) in [6, 6.07) is 2.56. The lowest BCUT2D eigenvalue weighted by atomic mass is 10.1. The third-order valence-corrected chi connectivity index (χ3v) is 2.74. The van der Waals surface area contributed by atoms with Gasteiger partial charge in [0.25, 0.3) is 0 Å². The first-order valence-electron chi connectivity index (χ1n) is 5.67. The van der Waals surface area contributed by atoms with E-state index in [1.807, 2.05) is 0 Å². The number of rotatable bonds is 3. The first kappa shape index (κ1) is 13.4. The molecule has 1 unspecified atom stereocenters. The van der Waals surface area contributed by atoms with Gasteiger partial charge in [-0.3, -0.25) is 0 Å². The van der Waals surface area contributed by atoms with Crippen molar-refractivity contribution in [3.63, 3.8) is 0 Å². The van der Waals surface area contributed by atoms with E-state index in [2.05, 4.69) is 9.97 Å². The molecule has 0 aliphatic rings. The standard InChI is InChI=1S/C12H13F3N4/c1-8(5-12(13,14)15)19-7-17-6-10(19)9-2-3-18-11(16)4-9/h2-4,6-8H,5H2,1H3,(H2,16,18). The molecule has 2 rings (SSSR count). The highest BCUT2D eigenvalue weighted by Gasteiger charge is 2.31. The van der Waals surface area contributed by atoms with Crippen LogP contribution in [0.1, 0.15) is 19.4 Å². The number of nitrogens with zero attached hydrogens (tertiary/aromatic N) is 3. The average Bonchev–Trinajstić information content (AvgIpc) is 2.75. The van der Waals surface area contributed by atoms with Gasteiger partial charge in [0, 0.05) is 17.8 Å². The number of nitrogen functional groups attached to an aromatic ring is 1. The van der Waals surface area contributed by atoms with Crippen LogP contribution in [0.5, 0.6) is 0 Å². The Morgan fingerprint density at radius 1 is 1.42 bits per heavy atom. The van der Waals surface area contributed by atoms with Crippen LogP contribution in [0.2, 0.25) is 0 Å². The molecule has 102 valence electrons. The second kappa shape index (κ2) is 4.91. The molecule has 2 N–H and O–H groups in total. The van der Waals surface area contributed by atoms with Gasteiger partial charge in [-0.25, -0.2) is 9.97 Å². The molecular weight excluding hydrogens is 257 g/mol. The Morgan fingerprint density at radius 3 is 2.79 bits per heavy atom. The number of nitrogens with two attached hydrogens (primary N) is 1. The van der Waals surface area contributed by atoms with Crippen LogP contribution in [0.15, 0.2) is 30.9 Å². The molecule has 7 heteroatoms. The highest BCUT2D eigenvalue weighted by molar-refractivity contribution is 5.61. The van der Waals surface area contributed by atoms with Crippen LogP contribution in [0.25, 0.3) is 11.3 Å². The number of pyridine rings is 1. The van der Waals surface area contributed by atoms with Crippen molar-refractivity contribution in [2.45, 2.75) is 25.6 Å². The Balaban J connectivity index is 2.32. The summed E-state index contributed by atoms with van der Waals surface area (Å²) in [6.45, 7) is 1.50. The Kier molecular flexibility index (Phi) is 3.46. The summed E-state index contributed by atoms with van der Waals surface area (Å²) in [5.74, 6) is 0.314. The average molecular weight is 270 g/mol. The van der Waals surface area contributed by atoms with Crippen LogP contribution in [-0.2, 0) is 0 Å². The molecule has 0 fully saturated rings. The molecule has 1 atom stereocenters. The van der Waals surface area contributed by atoms with Gasteiger partial charge in [-0.1, -0.05) is 0 Å². The summed E-state index contributed by atoms with van der Waals surface area (Å²) in [6.07, 6.45) is -0.699. The zero-order chi connectivity index (χ0) is 14.0. The van der Waals surface area contributed by atoms with E-state index >= 15 is 0 Å². The quantitative estimate of drug-likeness (QED) is 0.932. The number of alkyl halides is 3. The van der Waals surface area contributed by atoms with Crippen molar-refractivity contribution in [1.29, 1.82) is 0 Å². The monoisotopic (exact) mass is 270 g/mol. The van der Waals surface area contributed by atoms with E-state index in [1.54, 1.807) is 12.1 Å². The van der Waals surface area contributed by atoms with Crippen molar-refractivity contribution in [3.8, 4) is 11.3 Å². The number of halogens is 3. The molecule has 0 saturated heterocycles. The van der Waals surface area contributed by atoms with Gasteiger partial charge < -0.3 is 10.3 Å². The normalized spacial score (nSPS) is 13.5. The summed E-state index contributed by atoms with van der Waals surface area (Å²) >= 11 is 0. The zero-order valence-corrected chi connectivity index (χ0v) is 10.2. The molecule has 0 aliphatic heterocycles. The predicted octanol–water partition coefficient (Wildman–Crippen LogP) is 3.04. The van der Waals surface area contributed by atoms with E-state index < -0.39 is 18.6 Å². The predicted molar refractivity (Wildman–Crippen MR) is 65.3 cm³/mol. The molecule has 0 amide bonds. The van der Waals surface area contributed by atoms with Gasteiger partial charge in [-0.05, 0) is 19.1 Å². The van der Waals surface area contributed by atoms with E-state index in [0.29, 0.717) is 17.1 Å². The van der Waals surface area contributed by atoms with Crippen LogP contribution < -0.4 is 5.73 Å². The van der Waals surface area contributed by atoms with Crippen molar-refractivity contribution < 1.29 is 13.2 Å². The second-order valence-corrected chi connectivity index (χ2v) is 4.32. The van der Waals surface area contributed by atoms with Crippen LogP contribution >= 0.6 is 0 Å². The number of hydrogen-bond donors (Lipinski definition) is 1.